The highest BCUT2D eigenvalue weighted by molar-refractivity contribution is 5.74. The van der Waals surface area contributed by atoms with Crippen LogP contribution < -0.4 is 0 Å². The Bertz CT molecular complexity index is 797. The van der Waals surface area contributed by atoms with Crippen molar-refractivity contribution < 1.29 is 9.53 Å². The Morgan fingerprint density at radius 1 is 1.03 bits per heavy atom. The molecule has 1 fully saturated rings. The van der Waals surface area contributed by atoms with Crippen LogP contribution in [0, 0.1) is 11.8 Å². The van der Waals surface area contributed by atoms with Crippen LogP contribution in [0.4, 0.5) is 0 Å². The fourth-order valence-corrected chi connectivity index (χ4v) is 4.86. The number of hydrogen-bond donors (Lipinski definition) is 0. The molecule has 1 aliphatic carbocycles. The third-order valence-corrected chi connectivity index (χ3v) is 6.35. The number of esters is 1. The third-order valence-electron chi connectivity index (χ3n) is 6.35. The quantitative estimate of drug-likeness (QED) is 0.498. The highest BCUT2D eigenvalue weighted by atomic mass is 16.6. The molecule has 0 aromatic heterocycles. The van der Waals surface area contributed by atoms with Crippen LogP contribution in [0.3, 0.4) is 0 Å². The summed E-state index contributed by atoms with van der Waals surface area (Å²) in [6.07, 6.45) is 3.07. The van der Waals surface area contributed by atoms with E-state index in [0.29, 0.717) is 5.92 Å². The zero-order valence-electron chi connectivity index (χ0n) is 19.2. The lowest BCUT2D eigenvalue weighted by molar-refractivity contribution is -0.162. The molecule has 1 aliphatic rings. The number of benzene rings is 2. The van der Waals surface area contributed by atoms with E-state index in [9.17, 15) is 4.79 Å². The largest absolute Gasteiger partial charge is 0.460 e. The summed E-state index contributed by atoms with van der Waals surface area (Å²) in [6, 6.07) is 21.7. The molecule has 3 rings (SSSR count). The Hall–Kier alpha value is -2.13. The minimum Gasteiger partial charge on any atom is -0.460 e. The fourth-order valence-electron chi connectivity index (χ4n) is 4.86. The zero-order valence-corrected chi connectivity index (χ0v) is 19.2. The van der Waals surface area contributed by atoms with Gasteiger partial charge in [-0.15, -0.1) is 0 Å². The molecule has 0 N–H and O–H groups in total. The number of nitrogens with zero attached hydrogens (tertiary/aromatic N) is 1. The number of hydrogen-bond acceptors (Lipinski definition) is 3. The van der Waals surface area contributed by atoms with Crippen molar-refractivity contribution in [2.75, 3.05) is 0 Å². The Morgan fingerprint density at radius 3 is 2.20 bits per heavy atom. The van der Waals surface area contributed by atoms with Crippen LogP contribution in [0.1, 0.15) is 71.0 Å². The average molecular weight is 408 g/mol. The summed E-state index contributed by atoms with van der Waals surface area (Å²) in [5, 5.41) is 0. The predicted molar refractivity (Wildman–Crippen MR) is 123 cm³/mol. The van der Waals surface area contributed by atoms with Gasteiger partial charge in [-0.25, -0.2) is 0 Å². The van der Waals surface area contributed by atoms with E-state index in [1.807, 2.05) is 20.8 Å². The molecule has 0 spiro atoms. The highest BCUT2D eigenvalue weighted by Gasteiger charge is 2.45. The van der Waals surface area contributed by atoms with Gasteiger partial charge in [-0.2, -0.15) is 0 Å². The Kier molecular flexibility index (Phi) is 7.36. The van der Waals surface area contributed by atoms with Gasteiger partial charge in [0.2, 0.25) is 0 Å². The second-order valence-corrected chi connectivity index (χ2v) is 9.62. The molecule has 0 heterocycles. The van der Waals surface area contributed by atoms with Crippen LogP contribution in [0.25, 0.3) is 0 Å². The normalized spacial score (nSPS) is 22.8. The van der Waals surface area contributed by atoms with Crippen LogP contribution in [-0.2, 0) is 16.1 Å². The first-order chi connectivity index (χ1) is 14.3. The van der Waals surface area contributed by atoms with Crippen molar-refractivity contribution in [1.82, 2.24) is 4.90 Å². The van der Waals surface area contributed by atoms with E-state index >= 15 is 0 Å². The monoisotopic (exact) mass is 407 g/mol. The molecule has 2 aromatic carbocycles. The number of ether oxygens (including phenoxy) is 1. The Labute approximate surface area is 182 Å². The molecular weight excluding hydrogens is 370 g/mol. The minimum absolute atomic E-state index is 0.0400. The third kappa shape index (κ3) is 5.51. The molecule has 1 saturated carbocycles. The van der Waals surface area contributed by atoms with Gasteiger partial charge in [0, 0.05) is 18.6 Å². The number of rotatable bonds is 7. The second-order valence-electron chi connectivity index (χ2n) is 9.62. The van der Waals surface area contributed by atoms with E-state index in [4.69, 9.17) is 4.74 Å². The molecular formula is C27H37NO2. The molecule has 0 amide bonds. The van der Waals surface area contributed by atoms with E-state index in [2.05, 4.69) is 79.4 Å². The van der Waals surface area contributed by atoms with Gasteiger partial charge in [0.25, 0.3) is 0 Å². The van der Waals surface area contributed by atoms with Gasteiger partial charge in [-0.3, -0.25) is 9.69 Å². The van der Waals surface area contributed by atoms with Crippen molar-refractivity contribution in [1.29, 1.82) is 0 Å². The van der Waals surface area contributed by atoms with Crippen LogP contribution in [0.2, 0.25) is 0 Å². The van der Waals surface area contributed by atoms with Crippen LogP contribution in [-0.4, -0.2) is 22.5 Å². The maximum absolute atomic E-state index is 13.2. The zero-order chi connectivity index (χ0) is 21.7. The summed E-state index contributed by atoms with van der Waals surface area (Å²) >= 11 is 0. The maximum atomic E-state index is 13.2. The molecule has 0 bridgehead atoms. The van der Waals surface area contributed by atoms with Gasteiger partial charge >= 0.3 is 5.97 Å². The molecule has 4 atom stereocenters. The molecule has 0 radical (unpaired) electrons. The summed E-state index contributed by atoms with van der Waals surface area (Å²) in [4.78, 5) is 15.8. The smallest absolute Gasteiger partial charge is 0.311 e. The molecule has 0 aliphatic heterocycles. The van der Waals surface area contributed by atoms with Crippen molar-refractivity contribution in [3.63, 3.8) is 0 Å². The molecule has 0 unspecified atom stereocenters. The summed E-state index contributed by atoms with van der Waals surface area (Å²) in [6.45, 7) is 11.2. The molecule has 3 nitrogen and oxygen atoms in total. The van der Waals surface area contributed by atoms with E-state index < -0.39 is 5.60 Å². The molecule has 0 saturated heterocycles. The fraction of sp³-hybridized carbons (Fsp3) is 0.519. The van der Waals surface area contributed by atoms with E-state index in [-0.39, 0.29) is 24.0 Å². The minimum atomic E-state index is -0.457. The molecule has 3 heteroatoms. The van der Waals surface area contributed by atoms with Crippen molar-refractivity contribution in [3.05, 3.63) is 71.8 Å². The van der Waals surface area contributed by atoms with Gasteiger partial charge < -0.3 is 4.74 Å². The molecule has 2 aromatic rings. The van der Waals surface area contributed by atoms with Gasteiger partial charge in [0.15, 0.2) is 0 Å². The lowest BCUT2D eigenvalue weighted by Gasteiger charge is -2.40. The van der Waals surface area contributed by atoms with Crippen molar-refractivity contribution in [3.8, 4) is 0 Å². The van der Waals surface area contributed by atoms with Crippen molar-refractivity contribution in [2.24, 2.45) is 11.8 Å². The molecule has 162 valence electrons. The number of carbonyl (C=O) groups is 1. The van der Waals surface area contributed by atoms with Crippen LogP contribution >= 0.6 is 0 Å². The second kappa shape index (κ2) is 9.78. The Morgan fingerprint density at radius 2 is 1.63 bits per heavy atom. The van der Waals surface area contributed by atoms with E-state index in [0.717, 1.165) is 25.8 Å². The first-order valence-corrected chi connectivity index (χ1v) is 11.4. The predicted octanol–water partition coefficient (Wildman–Crippen LogP) is 6.40. The average Bonchev–Trinajstić information content (AvgIpc) is 3.16. The molecule has 30 heavy (non-hydrogen) atoms. The van der Waals surface area contributed by atoms with Crippen LogP contribution in [0.5, 0.6) is 0 Å². The lowest BCUT2D eigenvalue weighted by atomic mass is 9.90. The van der Waals surface area contributed by atoms with Crippen molar-refractivity contribution in [2.45, 2.75) is 78.1 Å². The lowest BCUT2D eigenvalue weighted by Crippen LogP contribution is -2.46. The first-order valence-electron chi connectivity index (χ1n) is 11.4. The van der Waals surface area contributed by atoms with Crippen molar-refractivity contribution >= 4 is 5.97 Å². The first kappa shape index (κ1) is 22.6. The van der Waals surface area contributed by atoms with Gasteiger partial charge in [0.1, 0.15) is 5.60 Å². The summed E-state index contributed by atoms with van der Waals surface area (Å²) in [5.74, 6) is 0.378. The van der Waals surface area contributed by atoms with Crippen LogP contribution in [0.15, 0.2) is 60.7 Å². The van der Waals surface area contributed by atoms with E-state index in [1.165, 1.54) is 11.1 Å². The summed E-state index contributed by atoms with van der Waals surface area (Å²) < 4.78 is 5.86. The van der Waals surface area contributed by atoms with Gasteiger partial charge in [-0.1, -0.05) is 74.0 Å². The Balaban J connectivity index is 1.96. The standard InChI is InChI=1S/C27H37NO2/c1-6-22-17-18-24(26(29)30-27(3,4)5)25(22)28(19-21-13-9-7-10-14-21)20(2)23-15-11-8-12-16-23/h7-16,20,22,24-25H,6,17-19H2,1-5H3/t20-,22+,24+,25-/m0/s1. The maximum Gasteiger partial charge on any atom is 0.311 e. The summed E-state index contributed by atoms with van der Waals surface area (Å²) in [7, 11) is 0. The SMILES string of the molecule is CC[C@@H]1CC[C@@H](C(=O)OC(C)(C)C)[C@H]1N(Cc1ccccc1)[C@@H](C)c1ccccc1. The highest BCUT2D eigenvalue weighted by Crippen LogP contribution is 2.42. The van der Waals surface area contributed by atoms with Gasteiger partial charge in [0.05, 0.1) is 5.92 Å². The number of carbonyl (C=O) groups excluding carboxylic acids is 1. The topological polar surface area (TPSA) is 29.5 Å². The van der Waals surface area contributed by atoms with Gasteiger partial charge in [-0.05, 0) is 57.6 Å². The van der Waals surface area contributed by atoms with E-state index in [1.54, 1.807) is 0 Å². The summed E-state index contributed by atoms with van der Waals surface area (Å²) in [5.41, 5.74) is 2.12.